The third kappa shape index (κ3) is 4.53. The van der Waals surface area contributed by atoms with Crippen LogP contribution in [-0.2, 0) is 6.54 Å². The van der Waals surface area contributed by atoms with Gasteiger partial charge < -0.3 is 5.32 Å². The Morgan fingerprint density at radius 2 is 1.73 bits per heavy atom. The summed E-state index contributed by atoms with van der Waals surface area (Å²) in [5.41, 5.74) is 5.74. The highest BCUT2D eigenvalue weighted by molar-refractivity contribution is 5.94. The van der Waals surface area contributed by atoms with E-state index in [0.717, 1.165) is 18.5 Å². The van der Waals surface area contributed by atoms with Gasteiger partial charge >= 0.3 is 0 Å². The second-order valence-corrected chi connectivity index (χ2v) is 7.46. The molecule has 0 radical (unpaired) electrons. The Morgan fingerprint density at radius 1 is 1.04 bits per heavy atom. The molecule has 1 fully saturated rings. The molecule has 1 N–H and O–H groups in total. The van der Waals surface area contributed by atoms with Crippen LogP contribution in [-0.4, -0.2) is 23.9 Å². The molecule has 3 nitrogen and oxygen atoms in total. The first-order chi connectivity index (χ1) is 12.6. The molecular weight excluding hydrogens is 320 g/mol. The number of benzene rings is 2. The minimum atomic E-state index is 0.00259. The van der Waals surface area contributed by atoms with Crippen molar-refractivity contribution in [2.75, 3.05) is 13.1 Å². The highest BCUT2D eigenvalue weighted by atomic mass is 16.1. The minimum absolute atomic E-state index is 0.00259. The summed E-state index contributed by atoms with van der Waals surface area (Å²) in [4.78, 5) is 15.1. The fourth-order valence-corrected chi connectivity index (χ4v) is 3.60. The van der Waals surface area contributed by atoms with E-state index in [-0.39, 0.29) is 11.9 Å². The van der Waals surface area contributed by atoms with Crippen molar-refractivity contribution in [1.82, 2.24) is 10.2 Å². The topological polar surface area (TPSA) is 32.3 Å². The first-order valence-electron chi connectivity index (χ1n) is 9.76. The molecule has 138 valence electrons. The van der Waals surface area contributed by atoms with E-state index in [1.54, 1.807) is 0 Å². The zero-order valence-electron chi connectivity index (χ0n) is 16.2. The SMILES string of the molecule is CC[C@H](NC(=O)c1ccc(CN2CCCC2)cc1)c1ccc(C)c(C)c1. The molecule has 0 bridgehead atoms. The van der Waals surface area contributed by atoms with Crippen molar-refractivity contribution in [3.05, 3.63) is 70.3 Å². The number of rotatable bonds is 6. The number of nitrogens with zero attached hydrogens (tertiary/aromatic N) is 1. The molecule has 1 saturated heterocycles. The van der Waals surface area contributed by atoms with Crippen molar-refractivity contribution >= 4 is 5.91 Å². The smallest absolute Gasteiger partial charge is 0.251 e. The number of likely N-dealkylation sites (tertiary alicyclic amines) is 1. The van der Waals surface area contributed by atoms with Gasteiger partial charge in [-0.2, -0.15) is 0 Å². The maximum absolute atomic E-state index is 12.7. The predicted octanol–water partition coefficient (Wildman–Crippen LogP) is 4.78. The molecule has 26 heavy (non-hydrogen) atoms. The van der Waals surface area contributed by atoms with Crippen LogP contribution in [0.4, 0.5) is 0 Å². The monoisotopic (exact) mass is 350 g/mol. The molecule has 0 unspecified atom stereocenters. The predicted molar refractivity (Wildman–Crippen MR) is 107 cm³/mol. The zero-order chi connectivity index (χ0) is 18.5. The Bertz CT molecular complexity index is 745. The van der Waals surface area contributed by atoms with Gasteiger partial charge in [0.1, 0.15) is 0 Å². The fraction of sp³-hybridized carbons (Fsp3) is 0.435. The highest BCUT2D eigenvalue weighted by Gasteiger charge is 2.15. The summed E-state index contributed by atoms with van der Waals surface area (Å²) in [6.45, 7) is 9.71. The van der Waals surface area contributed by atoms with Crippen molar-refractivity contribution in [3.63, 3.8) is 0 Å². The van der Waals surface area contributed by atoms with Gasteiger partial charge in [-0.15, -0.1) is 0 Å². The molecule has 2 aromatic carbocycles. The molecule has 0 aliphatic carbocycles. The molecule has 2 aromatic rings. The van der Waals surface area contributed by atoms with Crippen LogP contribution in [0.25, 0.3) is 0 Å². The Labute approximate surface area is 157 Å². The second-order valence-electron chi connectivity index (χ2n) is 7.46. The van der Waals surface area contributed by atoms with Crippen molar-refractivity contribution in [3.8, 4) is 0 Å². The normalized spacial score (nSPS) is 15.8. The average molecular weight is 351 g/mol. The largest absolute Gasteiger partial charge is 0.345 e. The van der Waals surface area contributed by atoms with Crippen molar-refractivity contribution in [1.29, 1.82) is 0 Å². The number of carbonyl (C=O) groups is 1. The van der Waals surface area contributed by atoms with Crippen molar-refractivity contribution in [2.45, 2.75) is 52.6 Å². The summed E-state index contributed by atoms with van der Waals surface area (Å²) >= 11 is 0. The average Bonchev–Trinajstić information content (AvgIpc) is 3.15. The van der Waals surface area contributed by atoms with E-state index in [9.17, 15) is 4.79 Å². The number of hydrogen-bond donors (Lipinski definition) is 1. The summed E-state index contributed by atoms with van der Waals surface area (Å²) in [6, 6.07) is 14.6. The van der Waals surface area contributed by atoms with Crippen molar-refractivity contribution in [2.24, 2.45) is 0 Å². The molecule has 0 aromatic heterocycles. The van der Waals surface area contributed by atoms with Gasteiger partial charge in [0.25, 0.3) is 5.91 Å². The van der Waals surface area contributed by atoms with Gasteiger partial charge in [0.05, 0.1) is 6.04 Å². The number of amides is 1. The lowest BCUT2D eigenvalue weighted by molar-refractivity contribution is 0.0935. The first kappa shape index (κ1) is 18.7. The lowest BCUT2D eigenvalue weighted by Gasteiger charge is -2.19. The maximum atomic E-state index is 12.7. The van der Waals surface area contributed by atoms with Gasteiger partial charge in [0.15, 0.2) is 0 Å². The van der Waals surface area contributed by atoms with Gasteiger partial charge in [-0.05, 0) is 80.6 Å². The van der Waals surface area contributed by atoms with E-state index in [2.05, 4.69) is 61.3 Å². The van der Waals surface area contributed by atoms with E-state index in [1.807, 2.05) is 12.1 Å². The summed E-state index contributed by atoms with van der Waals surface area (Å²) in [7, 11) is 0. The van der Waals surface area contributed by atoms with Gasteiger partial charge in [0.2, 0.25) is 0 Å². The molecule has 1 amide bonds. The van der Waals surface area contributed by atoms with Crippen molar-refractivity contribution < 1.29 is 4.79 Å². The Morgan fingerprint density at radius 3 is 2.35 bits per heavy atom. The lowest BCUT2D eigenvalue weighted by atomic mass is 9.99. The molecule has 0 saturated carbocycles. The number of aryl methyl sites for hydroxylation is 2. The van der Waals surface area contributed by atoms with Crippen LogP contribution in [0, 0.1) is 13.8 Å². The summed E-state index contributed by atoms with van der Waals surface area (Å²) in [6.07, 6.45) is 3.48. The Balaban J connectivity index is 1.64. The Kier molecular flexibility index (Phi) is 6.10. The molecule has 1 atom stereocenters. The van der Waals surface area contributed by atoms with Gasteiger partial charge in [-0.25, -0.2) is 0 Å². The molecule has 1 aliphatic heterocycles. The van der Waals surface area contributed by atoms with Crippen LogP contribution in [0.5, 0.6) is 0 Å². The lowest BCUT2D eigenvalue weighted by Crippen LogP contribution is -2.28. The summed E-state index contributed by atoms with van der Waals surface area (Å²) in [5, 5.41) is 3.19. The quantitative estimate of drug-likeness (QED) is 0.813. The van der Waals surface area contributed by atoms with Gasteiger partial charge in [-0.3, -0.25) is 9.69 Å². The van der Waals surface area contributed by atoms with Crippen LogP contribution in [0.3, 0.4) is 0 Å². The van der Waals surface area contributed by atoms with Crippen LogP contribution in [0.2, 0.25) is 0 Å². The number of carbonyl (C=O) groups excluding carboxylic acids is 1. The van der Waals surface area contributed by atoms with E-state index in [0.29, 0.717) is 0 Å². The maximum Gasteiger partial charge on any atom is 0.251 e. The second kappa shape index (κ2) is 8.50. The zero-order valence-corrected chi connectivity index (χ0v) is 16.2. The van der Waals surface area contributed by atoms with Crippen LogP contribution in [0.1, 0.15) is 64.8 Å². The number of nitrogens with one attached hydrogen (secondary N) is 1. The van der Waals surface area contributed by atoms with Crippen LogP contribution < -0.4 is 5.32 Å². The standard InChI is InChI=1S/C23H30N2O/c1-4-22(21-10-7-17(2)18(3)15-21)24-23(26)20-11-8-19(9-12-20)16-25-13-5-6-14-25/h7-12,15,22H,4-6,13-14,16H2,1-3H3,(H,24,26)/t22-/m0/s1. The molecule has 1 aliphatic rings. The van der Waals surface area contributed by atoms with Crippen LogP contribution >= 0.6 is 0 Å². The number of hydrogen-bond acceptors (Lipinski definition) is 2. The first-order valence-corrected chi connectivity index (χ1v) is 9.76. The van der Waals surface area contributed by atoms with E-state index in [1.165, 1.54) is 48.2 Å². The summed E-state index contributed by atoms with van der Waals surface area (Å²) in [5.74, 6) is 0.00259. The molecule has 3 heteroatoms. The third-order valence-corrected chi connectivity index (χ3v) is 5.47. The molecule has 0 spiro atoms. The third-order valence-electron chi connectivity index (χ3n) is 5.47. The molecule has 3 rings (SSSR count). The highest BCUT2D eigenvalue weighted by Crippen LogP contribution is 2.21. The van der Waals surface area contributed by atoms with E-state index >= 15 is 0 Å². The fourth-order valence-electron chi connectivity index (χ4n) is 3.60. The van der Waals surface area contributed by atoms with E-state index in [4.69, 9.17) is 0 Å². The minimum Gasteiger partial charge on any atom is -0.345 e. The van der Waals surface area contributed by atoms with E-state index < -0.39 is 0 Å². The summed E-state index contributed by atoms with van der Waals surface area (Å²) < 4.78 is 0. The van der Waals surface area contributed by atoms with Gasteiger partial charge in [-0.1, -0.05) is 37.3 Å². The molecule has 1 heterocycles. The van der Waals surface area contributed by atoms with Crippen LogP contribution in [0.15, 0.2) is 42.5 Å². The Hall–Kier alpha value is -2.13. The molecular formula is C23H30N2O. The van der Waals surface area contributed by atoms with Gasteiger partial charge in [0, 0.05) is 12.1 Å².